The molecular weight excluding hydrogens is 340 g/mol. The molecule has 138 valence electrons. The van der Waals surface area contributed by atoms with Gasteiger partial charge < -0.3 is 20.4 Å². The average Bonchev–Trinajstić information content (AvgIpc) is 3.17. The zero-order valence-electron chi connectivity index (χ0n) is 14.5. The highest BCUT2D eigenvalue weighted by molar-refractivity contribution is 8.00. The number of β-lactam (4-membered cyclic amide) rings is 1. The summed E-state index contributed by atoms with van der Waals surface area (Å²) in [6, 6.07) is 0.367. The van der Waals surface area contributed by atoms with E-state index >= 15 is 0 Å². The second-order valence-electron chi connectivity index (χ2n) is 7.73. The highest BCUT2D eigenvalue weighted by Crippen LogP contribution is 2.54. The van der Waals surface area contributed by atoms with Crippen LogP contribution in [0.5, 0.6) is 0 Å². The van der Waals surface area contributed by atoms with Crippen LogP contribution < -0.4 is 5.32 Å². The van der Waals surface area contributed by atoms with E-state index in [1.807, 2.05) is 11.8 Å². The second-order valence-corrected chi connectivity index (χ2v) is 8.96. The van der Waals surface area contributed by atoms with Crippen molar-refractivity contribution in [3.8, 4) is 0 Å². The van der Waals surface area contributed by atoms with Crippen LogP contribution in [-0.2, 0) is 9.59 Å². The first-order valence-corrected chi connectivity index (χ1v) is 10.4. The van der Waals surface area contributed by atoms with Crippen molar-refractivity contribution in [2.24, 2.45) is 11.8 Å². The second kappa shape index (κ2) is 6.59. The van der Waals surface area contributed by atoms with E-state index in [0.29, 0.717) is 6.04 Å². The van der Waals surface area contributed by atoms with E-state index < -0.39 is 18.0 Å². The van der Waals surface area contributed by atoms with Crippen molar-refractivity contribution in [1.82, 2.24) is 10.2 Å². The van der Waals surface area contributed by atoms with E-state index in [-0.39, 0.29) is 28.8 Å². The molecule has 0 aromatic rings. The standard InChI is InChI=1S/C18H26N2O4S/c1-9(21)13-15-11-5-2-6-12(25-8-10-4-3-7-19-10)14(11)16(18(23)24)20(15)17(13)22/h9-13,15,19,21H,2-8H2,1H3,(H,23,24)/t9-,10+,11+,12+,13-,15-/m1/s1. The zero-order valence-corrected chi connectivity index (χ0v) is 15.3. The molecule has 0 unspecified atom stereocenters. The van der Waals surface area contributed by atoms with Crippen molar-refractivity contribution in [1.29, 1.82) is 0 Å². The van der Waals surface area contributed by atoms with Gasteiger partial charge in [-0.1, -0.05) is 6.42 Å². The molecule has 7 heteroatoms. The molecule has 3 fully saturated rings. The Morgan fingerprint density at radius 2 is 2.16 bits per heavy atom. The molecule has 0 aromatic carbocycles. The van der Waals surface area contributed by atoms with Crippen LogP contribution in [0.15, 0.2) is 11.3 Å². The van der Waals surface area contributed by atoms with Gasteiger partial charge in [-0.3, -0.25) is 4.79 Å². The zero-order chi connectivity index (χ0) is 17.7. The molecule has 0 radical (unpaired) electrons. The number of aliphatic carboxylic acids is 1. The lowest BCUT2D eigenvalue weighted by Gasteiger charge is -2.47. The lowest BCUT2D eigenvalue weighted by Crippen LogP contribution is -2.64. The number of rotatable bonds is 5. The Bertz CT molecular complexity index is 614. The van der Waals surface area contributed by atoms with Crippen LogP contribution in [0, 0.1) is 11.8 Å². The fourth-order valence-corrected chi connectivity index (χ4v) is 6.69. The fraction of sp³-hybridized carbons (Fsp3) is 0.778. The quantitative estimate of drug-likeness (QED) is 0.634. The first-order valence-electron chi connectivity index (χ1n) is 9.34. The number of carboxylic acids is 1. The monoisotopic (exact) mass is 366 g/mol. The molecule has 0 aromatic heterocycles. The molecule has 25 heavy (non-hydrogen) atoms. The maximum Gasteiger partial charge on any atom is 0.352 e. The van der Waals surface area contributed by atoms with Crippen molar-refractivity contribution >= 4 is 23.6 Å². The van der Waals surface area contributed by atoms with Crippen LogP contribution in [-0.4, -0.2) is 62.7 Å². The Labute approximate surface area is 152 Å². The van der Waals surface area contributed by atoms with Gasteiger partial charge in [-0.05, 0) is 44.7 Å². The molecule has 6 nitrogen and oxygen atoms in total. The summed E-state index contributed by atoms with van der Waals surface area (Å²) < 4.78 is 0. The third kappa shape index (κ3) is 2.71. The summed E-state index contributed by atoms with van der Waals surface area (Å²) in [6.07, 6.45) is 4.63. The predicted octanol–water partition coefficient (Wildman–Crippen LogP) is 1.20. The molecule has 6 atom stereocenters. The average molecular weight is 366 g/mol. The molecule has 4 aliphatic rings. The number of carboxylic acid groups (broad SMARTS) is 1. The maximum atomic E-state index is 12.5. The van der Waals surface area contributed by atoms with Gasteiger partial charge in [0.25, 0.3) is 0 Å². The van der Waals surface area contributed by atoms with Crippen molar-refractivity contribution in [3.05, 3.63) is 11.3 Å². The number of hydrogen-bond acceptors (Lipinski definition) is 5. The Morgan fingerprint density at radius 1 is 1.36 bits per heavy atom. The van der Waals surface area contributed by atoms with Crippen LogP contribution in [0.3, 0.4) is 0 Å². The summed E-state index contributed by atoms with van der Waals surface area (Å²) in [4.78, 5) is 25.9. The minimum absolute atomic E-state index is 0.103. The number of carbonyl (C=O) groups is 2. The van der Waals surface area contributed by atoms with Crippen LogP contribution >= 0.6 is 11.8 Å². The van der Waals surface area contributed by atoms with E-state index in [1.54, 1.807) is 6.92 Å². The molecule has 0 spiro atoms. The van der Waals surface area contributed by atoms with Gasteiger partial charge in [0.15, 0.2) is 0 Å². The number of hydrogen-bond donors (Lipinski definition) is 3. The predicted molar refractivity (Wildman–Crippen MR) is 95.1 cm³/mol. The molecule has 0 bridgehead atoms. The van der Waals surface area contributed by atoms with Crippen molar-refractivity contribution in [3.63, 3.8) is 0 Å². The Hall–Kier alpha value is -1.05. The lowest BCUT2D eigenvalue weighted by molar-refractivity contribution is -0.163. The van der Waals surface area contributed by atoms with Crippen molar-refractivity contribution in [2.75, 3.05) is 12.3 Å². The summed E-state index contributed by atoms with van der Waals surface area (Å²) in [5, 5.41) is 23.4. The highest BCUT2D eigenvalue weighted by atomic mass is 32.2. The summed E-state index contributed by atoms with van der Waals surface area (Å²) >= 11 is 1.85. The third-order valence-electron chi connectivity index (χ3n) is 6.23. The number of aliphatic hydroxyl groups is 1. The third-order valence-corrected chi connectivity index (χ3v) is 7.71. The number of fused-ring (bicyclic) bond motifs is 3. The molecule has 2 saturated heterocycles. The number of aliphatic hydroxyl groups excluding tert-OH is 1. The molecule has 4 rings (SSSR count). The Balaban J connectivity index is 1.59. The van der Waals surface area contributed by atoms with E-state index in [9.17, 15) is 19.8 Å². The molecule has 1 saturated carbocycles. The van der Waals surface area contributed by atoms with Crippen LogP contribution in [0.25, 0.3) is 0 Å². The summed E-state index contributed by atoms with van der Waals surface area (Å²) in [5.41, 5.74) is 1.18. The number of nitrogens with zero attached hydrogens (tertiary/aromatic N) is 1. The van der Waals surface area contributed by atoms with Crippen molar-refractivity contribution in [2.45, 2.75) is 62.5 Å². The normalized spacial score (nSPS) is 38.4. The minimum Gasteiger partial charge on any atom is -0.477 e. The summed E-state index contributed by atoms with van der Waals surface area (Å²) in [7, 11) is 0. The van der Waals surface area contributed by atoms with E-state index in [1.165, 1.54) is 17.7 Å². The van der Waals surface area contributed by atoms with Gasteiger partial charge in [-0.25, -0.2) is 4.79 Å². The minimum atomic E-state index is -0.994. The molecule has 3 N–H and O–H groups in total. The summed E-state index contributed by atoms with van der Waals surface area (Å²) in [6.45, 7) is 2.71. The van der Waals surface area contributed by atoms with E-state index in [2.05, 4.69) is 5.32 Å². The smallest absolute Gasteiger partial charge is 0.352 e. The fourth-order valence-electron chi connectivity index (χ4n) is 5.14. The van der Waals surface area contributed by atoms with Crippen LogP contribution in [0.2, 0.25) is 0 Å². The van der Waals surface area contributed by atoms with Crippen molar-refractivity contribution < 1.29 is 19.8 Å². The number of nitrogens with one attached hydrogen (secondary N) is 1. The Morgan fingerprint density at radius 3 is 2.80 bits per heavy atom. The number of thioether (sulfide) groups is 1. The van der Waals surface area contributed by atoms with Gasteiger partial charge in [0, 0.05) is 23.0 Å². The largest absolute Gasteiger partial charge is 0.477 e. The number of carbonyl (C=O) groups excluding carboxylic acids is 1. The molecule has 1 amide bonds. The first-order chi connectivity index (χ1) is 12.0. The topological polar surface area (TPSA) is 89.9 Å². The lowest BCUT2D eigenvalue weighted by atomic mass is 9.72. The van der Waals surface area contributed by atoms with Crippen LogP contribution in [0.1, 0.15) is 39.0 Å². The Kier molecular flexibility index (Phi) is 4.58. The first kappa shape index (κ1) is 17.4. The SMILES string of the molecule is C[C@@H](O)[C@H]1C(=O)N2C(C(=O)O)=C3[C@@H](SC[C@@H]4CCCN4)CCC[C@@H]3[C@H]12. The van der Waals surface area contributed by atoms with Gasteiger partial charge in [-0.15, -0.1) is 0 Å². The molecule has 3 aliphatic heterocycles. The summed E-state index contributed by atoms with van der Waals surface area (Å²) in [5.74, 6) is -0.568. The van der Waals surface area contributed by atoms with Gasteiger partial charge in [0.1, 0.15) is 5.70 Å². The molecule has 3 heterocycles. The highest BCUT2D eigenvalue weighted by Gasteiger charge is 2.62. The van der Waals surface area contributed by atoms with Gasteiger partial charge >= 0.3 is 5.97 Å². The van der Waals surface area contributed by atoms with Crippen LogP contribution in [0.4, 0.5) is 0 Å². The molecule has 1 aliphatic carbocycles. The molecular formula is C18H26N2O4S. The van der Waals surface area contributed by atoms with Gasteiger partial charge in [-0.2, -0.15) is 11.8 Å². The maximum absolute atomic E-state index is 12.5. The van der Waals surface area contributed by atoms with E-state index in [4.69, 9.17) is 0 Å². The number of amides is 1. The van der Waals surface area contributed by atoms with Gasteiger partial charge in [0.05, 0.1) is 18.1 Å². The van der Waals surface area contributed by atoms with Gasteiger partial charge in [0.2, 0.25) is 5.91 Å². The van der Waals surface area contributed by atoms with E-state index in [0.717, 1.165) is 37.1 Å².